The quantitative estimate of drug-likeness (QED) is 0.734. The molecule has 1 atom stereocenters. The van der Waals surface area contributed by atoms with Crippen molar-refractivity contribution in [2.75, 3.05) is 13.7 Å². The Morgan fingerprint density at radius 2 is 2.00 bits per heavy atom. The van der Waals surface area contributed by atoms with Crippen molar-refractivity contribution in [1.82, 2.24) is 25.1 Å². The highest BCUT2D eigenvalue weighted by atomic mass is 32.2. The van der Waals surface area contributed by atoms with Gasteiger partial charge in [0.25, 0.3) is 0 Å². The third kappa shape index (κ3) is 4.78. The van der Waals surface area contributed by atoms with Crippen molar-refractivity contribution >= 4 is 17.7 Å². The Balaban J connectivity index is 2.23. The molecule has 2 heterocycles. The van der Waals surface area contributed by atoms with Crippen molar-refractivity contribution in [3.63, 3.8) is 0 Å². The van der Waals surface area contributed by atoms with Gasteiger partial charge in [-0.3, -0.25) is 14.3 Å². The third-order valence-electron chi connectivity index (χ3n) is 3.26. The number of nitrogens with one attached hydrogen (secondary N) is 1. The van der Waals surface area contributed by atoms with Crippen LogP contribution in [0.15, 0.2) is 29.7 Å². The average molecular weight is 349 g/mol. The molecule has 8 heteroatoms. The van der Waals surface area contributed by atoms with Gasteiger partial charge in [-0.05, 0) is 32.9 Å². The first-order valence-corrected chi connectivity index (χ1v) is 8.70. The molecule has 2 aromatic rings. The fraction of sp³-hybridized carbons (Fsp3) is 0.500. The summed E-state index contributed by atoms with van der Waals surface area (Å²) < 4.78 is 7.16. The van der Waals surface area contributed by atoms with E-state index < -0.39 is 0 Å². The molecule has 2 aromatic heterocycles. The van der Waals surface area contributed by atoms with Crippen LogP contribution in [-0.2, 0) is 16.1 Å². The number of methoxy groups -OCH3 is 1. The van der Waals surface area contributed by atoms with E-state index in [-0.39, 0.29) is 17.2 Å². The first-order valence-electron chi connectivity index (χ1n) is 7.82. The van der Waals surface area contributed by atoms with E-state index in [1.807, 2.05) is 37.5 Å². The summed E-state index contributed by atoms with van der Waals surface area (Å²) in [7, 11) is 1.65. The average Bonchev–Trinajstić information content (AvgIpc) is 2.95. The minimum Gasteiger partial charge on any atom is -0.383 e. The van der Waals surface area contributed by atoms with Gasteiger partial charge in [0.1, 0.15) is 0 Å². The molecular weight excluding hydrogens is 326 g/mol. The van der Waals surface area contributed by atoms with Gasteiger partial charge in [0, 0.05) is 31.1 Å². The van der Waals surface area contributed by atoms with Crippen LogP contribution in [0.25, 0.3) is 11.4 Å². The van der Waals surface area contributed by atoms with Crippen molar-refractivity contribution in [3.05, 3.63) is 24.5 Å². The largest absolute Gasteiger partial charge is 0.383 e. The predicted octanol–water partition coefficient (Wildman–Crippen LogP) is 1.99. The molecule has 0 aliphatic heterocycles. The summed E-state index contributed by atoms with van der Waals surface area (Å²) in [5.41, 5.74) is 0.930. The number of carbonyl (C=O) groups is 1. The normalized spacial score (nSPS) is 12.4. The minimum atomic E-state index is -0.261. The van der Waals surface area contributed by atoms with Crippen molar-refractivity contribution in [2.24, 2.45) is 0 Å². The third-order valence-corrected chi connectivity index (χ3v) is 4.34. The molecule has 0 fully saturated rings. The number of hydrogen-bond acceptors (Lipinski definition) is 6. The lowest BCUT2D eigenvalue weighted by Crippen LogP contribution is -2.36. The number of hydrogen-bond donors (Lipinski definition) is 1. The van der Waals surface area contributed by atoms with Gasteiger partial charge < -0.3 is 10.1 Å². The molecule has 0 aliphatic carbocycles. The molecule has 7 nitrogen and oxygen atoms in total. The highest BCUT2D eigenvalue weighted by Gasteiger charge is 2.21. The molecular formula is C16H23N5O2S. The van der Waals surface area contributed by atoms with E-state index in [1.165, 1.54) is 11.8 Å². The molecule has 0 saturated carbocycles. The molecule has 0 radical (unpaired) electrons. The van der Waals surface area contributed by atoms with Crippen molar-refractivity contribution in [2.45, 2.75) is 43.8 Å². The van der Waals surface area contributed by atoms with E-state index in [4.69, 9.17) is 4.74 Å². The van der Waals surface area contributed by atoms with Crippen LogP contribution in [0, 0.1) is 0 Å². The van der Waals surface area contributed by atoms with Crippen molar-refractivity contribution in [1.29, 1.82) is 0 Å². The molecule has 0 spiro atoms. The van der Waals surface area contributed by atoms with E-state index in [9.17, 15) is 4.79 Å². The Bertz CT molecular complexity index is 660. The van der Waals surface area contributed by atoms with E-state index in [2.05, 4.69) is 20.5 Å². The van der Waals surface area contributed by atoms with Gasteiger partial charge in [0.15, 0.2) is 11.0 Å². The fourth-order valence-corrected chi connectivity index (χ4v) is 2.97. The maximum absolute atomic E-state index is 12.1. The van der Waals surface area contributed by atoms with Crippen LogP contribution in [0.1, 0.15) is 20.8 Å². The second-order valence-electron chi connectivity index (χ2n) is 5.61. The van der Waals surface area contributed by atoms with Crippen LogP contribution in [0.3, 0.4) is 0 Å². The number of amides is 1. The summed E-state index contributed by atoms with van der Waals surface area (Å²) in [5, 5.41) is 11.9. The SMILES string of the molecule is COCCn1c(SC(C)C(=O)NC(C)C)nnc1-c1ccncc1. The predicted molar refractivity (Wildman–Crippen MR) is 93.7 cm³/mol. The molecule has 1 unspecified atom stereocenters. The summed E-state index contributed by atoms with van der Waals surface area (Å²) in [6.45, 7) is 6.90. The van der Waals surface area contributed by atoms with Gasteiger partial charge >= 0.3 is 0 Å². The number of ether oxygens (including phenoxy) is 1. The van der Waals surface area contributed by atoms with E-state index in [0.717, 1.165) is 11.4 Å². The van der Waals surface area contributed by atoms with Crippen LogP contribution >= 0.6 is 11.8 Å². The molecule has 0 saturated heterocycles. The minimum absolute atomic E-state index is 0.0123. The van der Waals surface area contributed by atoms with E-state index in [0.29, 0.717) is 18.3 Å². The van der Waals surface area contributed by atoms with Gasteiger partial charge in [0.05, 0.1) is 18.4 Å². The van der Waals surface area contributed by atoms with Crippen LogP contribution in [-0.4, -0.2) is 50.7 Å². The highest BCUT2D eigenvalue weighted by Crippen LogP contribution is 2.26. The molecule has 0 aliphatic rings. The summed E-state index contributed by atoms with van der Waals surface area (Å²) >= 11 is 1.39. The number of rotatable bonds is 8. The number of thioether (sulfide) groups is 1. The highest BCUT2D eigenvalue weighted by molar-refractivity contribution is 8.00. The topological polar surface area (TPSA) is 81.9 Å². The van der Waals surface area contributed by atoms with Gasteiger partial charge in [0.2, 0.25) is 5.91 Å². The molecule has 1 amide bonds. The molecule has 0 bridgehead atoms. The first-order chi connectivity index (χ1) is 11.5. The zero-order valence-corrected chi connectivity index (χ0v) is 15.2. The van der Waals surface area contributed by atoms with Crippen LogP contribution in [0.2, 0.25) is 0 Å². The molecule has 0 aromatic carbocycles. The standard InChI is InChI=1S/C16H23N5O2S/c1-11(2)18-15(22)12(3)24-16-20-19-14(21(16)9-10-23-4)13-5-7-17-8-6-13/h5-8,11-12H,9-10H2,1-4H3,(H,18,22). The number of carbonyl (C=O) groups excluding carboxylic acids is 1. The summed E-state index contributed by atoms with van der Waals surface area (Å²) in [4.78, 5) is 16.2. The lowest BCUT2D eigenvalue weighted by molar-refractivity contribution is -0.120. The van der Waals surface area contributed by atoms with Crippen LogP contribution in [0.5, 0.6) is 0 Å². The molecule has 1 N–H and O–H groups in total. The second-order valence-corrected chi connectivity index (χ2v) is 6.92. The number of nitrogens with zero attached hydrogens (tertiary/aromatic N) is 4. The van der Waals surface area contributed by atoms with E-state index in [1.54, 1.807) is 19.5 Å². The summed E-state index contributed by atoms with van der Waals surface area (Å²) in [6, 6.07) is 3.88. The van der Waals surface area contributed by atoms with Gasteiger partial charge in [-0.1, -0.05) is 11.8 Å². The molecule has 2 rings (SSSR count). The lowest BCUT2D eigenvalue weighted by atomic mass is 10.2. The first kappa shape index (κ1) is 18.4. The second kappa shape index (κ2) is 8.79. The maximum atomic E-state index is 12.1. The Morgan fingerprint density at radius 3 is 2.62 bits per heavy atom. The summed E-state index contributed by atoms with van der Waals surface area (Å²) in [6.07, 6.45) is 3.44. The Labute approximate surface area is 146 Å². The number of pyridine rings is 1. The zero-order valence-electron chi connectivity index (χ0n) is 14.4. The van der Waals surface area contributed by atoms with Gasteiger partial charge in [-0.25, -0.2) is 0 Å². The Morgan fingerprint density at radius 1 is 1.29 bits per heavy atom. The van der Waals surface area contributed by atoms with Crippen LogP contribution in [0.4, 0.5) is 0 Å². The van der Waals surface area contributed by atoms with Crippen molar-refractivity contribution < 1.29 is 9.53 Å². The Kier molecular flexibility index (Phi) is 6.74. The van der Waals surface area contributed by atoms with Crippen molar-refractivity contribution in [3.8, 4) is 11.4 Å². The van der Waals surface area contributed by atoms with Crippen LogP contribution < -0.4 is 5.32 Å². The summed E-state index contributed by atoms with van der Waals surface area (Å²) in [5.74, 6) is 0.732. The Hall–Kier alpha value is -1.93. The van der Waals surface area contributed by atoms with E-state index >= 15 is 0 Å². The molecule has 24 heavy (non-hydrogen) atoms. The fourth-order valence-electron chi connectivity index (χ4n) is 2.09. The zero-order chi connectivity index (χ0) is 17.5. The van der Waals surface area contributed by atoms with Gasteiger partial charge in [-0.15, -0.1) is 10.2 Å². The monoisotopic (exact) mass is 349 g/mol. The molecule has 130 valence electrons. The lowest BCUT2D eigenvalue weighted by Gasteiger charge is -2.15. The number of aromatic nitrogens is 4. The van der Waals surface area contributed by atoms with Gasteiger partial charge in [-0.2, -0.15) is 0 Å². The smallest absolute Gasteiger partial charge is 0.233 e. The maximum Gasteiger partial charge on any atom is 0.233 e.